The van der Waals surface area contributed by atoms with Crippen LogP contribution >= 0.6 is 11.8 Å². The van der Waals surface area contributed by atoms with E-state index in [1.807, 2.05) is 26.0 Å². The van der Waals surface area contributed by atoms with Gasteiger partial charge < -0.3 is 9.47 Å². The van der Waals surface area contributed by atoms with Gasteiger partial charge in [-0.1, -0.05) is 32.0 Å². The first-order valence-corrected chi connectivity index (χ1v) is 15.8. The number of aryl methyl sites for hydroxylation is 1. The minimum absolute atomic E-state index is 0.221. The maximum atomic E-state index is 13.4. The number of carbonyl (C=O) groups excluding carboxylic acids is 2. The van der Waals surface area contributed by atoms with E-state index in [1.165, 1.54) is 49.0 Å². The fourth-order valence-corrected chi connectivity index (χ4v) is 8.92. The van der Waals surface area contributed by atoms with Crippen molar-refractivity contribution >= 4 is 29.0 Å². The summed E-state index contributed by atoms with van der Waals surface area (Å²) in [5.41, 5.74) is 4.78. The predicted octanol–water partition coefficient (Wildman–Crippen LogP) is 8.10. The van der Waals surface area contributed by atoms with Crippen LogP contribution in [-0.4, -0.2) is 35.8 Å². The third kappa shape index (κ3) is 5.20. The second kappa shape index (κ2) is 10.9. The Hall–Kier alpha value is -2.73. The lowest BCUT2D eigenvalue weighted by atomic mass is 9.48. The molecule has 0 spiro atoms. The van der Waals surface area contributed by atoms with Crippen molar-refractivity contribution in [1.82, 2.24) is 4.90 Å². The van der Waals surface area contributed by atoms with Crippen LogP contribution in [0.4, 0.5) is 4.79 Å². The number of carbonyl (C=O) groups is 2. The molecule has 1 saturated heterocycles. The molecule has 212 valence electrons. The fraction of sp³-hybridized carbons (Fsp3) is 0.529. The van der Waals surface area contributed by atoms with E-state index in [0.717, 1.165) is 57.7 Å². The van der Waals surface area contributed by atoms with Gasteiger partial charge in [0.05, 0.1) is 18.1 Å². The molecule has 0 N–H and O–H groups in total. The Labute approximate surface area is 242 Å². The summed E-state index contributed by atoms with van der Waals surface area (Å²) in [6, 6.07) is 12.8. The average Bonchev–Trinajstić information content (AvgIpc) is 3.16. The van der Waals surface area contributed by atoms with E-state index < -0.39 is 0 Å². The second-order valence-corrected chi connectivity index (χ2v) is 13.8. The highest BCUT2D eigenvalue weighted by molar-refractivity contribution is 8.18. The number of thioether (sulfide) groups is 1. The van der Waals surface area contributed by atoms with Gasteiger partial charge in [-0.15, -0.1) is 0 Å². The van der Waals surface area contributed by atoms with Gasteiger partial charge in [-0.05, 0) is 134 Å². The second-order valence-electron chi connectivity index (χ2n) is 12.8. The molecule has 2 aromatic rings. The highest BCUT2D eigenvalue weighted by Crippen LogP contribution is 2.61. The van der Waals surface area contributed by atoms with Crippen molar-refractivity contribution in [1.29, 1.82) is 0 Å². The lowest BCUT2D eigenvalue weighted by molar-refractivity contribution is -0.123. The number of hydrogen-bond donors (Lipinski definition) is 0. The van der Waals surface area contributed by atoms with Crippen LogP contribution in [0.2, 0.25) is 0 Å². The molecule has 4 saturated carbocycles. The lowest BCUT2D eigenvalue weighted by Crippen LogP contribution is -2.48. The molecule has 0 aromatic heterocycles. The zero-order valence-corrected chi connectivity index (χ0v) is 25.0. The Morgan fingerprint density at radius 2 is 1.68 bits per heavy atom. The van der Waals surface area contributed by atoms with Crippen LogP contribution in [0.3, 0.4) is 0 Å². The van der Waals surface area contributed by atoms with E-state index in [2.05, 4.69) is 44.2 Å². The minimum atomic E-state index is -0.255. The third-order valence-electron chi connectivity index (χ3n) is 9.48. The summed E-state index contributed by atoms with van der Waals surface area (Å²) in [5, 5.41) is -0.247. The van der Waals surface area contributed by atoms with Crippen LogP contribution in [0.1, 0.15) is 87.5 Å². The molecule has 0 unspecified atom stereocenters. The van der Waals surface area contributed by atoms with Crippen molar-refractivity contribution in [2.24, 2.45) is 17.8 Å². The first-order valence-electron chi connectivity index (χ1n) is 15.0. The molecule has 1 heterocycles. The summed E-state index contributed by atoms with van der Waals surface area (Å²) in [6.07, 6.45) is 9.93. The largest absolute Gasteiger partial charge is 0.493 e. The molecular weight excluding hydrogens is 518 g/mol. The predicted molar refractivity (Wildman–Crippen MR) is 161 cm³/mol. The quantitative estimate of drug-likeness (QED) is 0.291. The number of hydrogen-bond acceptors (Lipinski definition) is 5. The van der Waals surface area contributed by atoms with E-state index in [1.54, 1.807) is 0 Å². The summed E-state index contributed by atoms with van der Waals surface area (Å²) in [6.45, 7) is 9.31. The number of ether oxygens (including phenoxy) is 2. The molecule has 1 aliphatic heterocycles. The van der Waals surface area contributed by atoms with Crippen LogP contribution in [0.5, 0.6) is 11.5 Å². The maximum absolute atomic E-state index is 13.4. The molecule has 0 atom stereocenters. The Bertz CT molecular complexity index is 1310. The molecule has 5 fully saturated rings. The first-order chi connectivity index (χ1) is 19.2. The van der Waals surface area contributed by atoms with E-state index in [9.17, 15) is 9.59 Å². The van der Waals surface area contributed by atoms with Gasteiger partial charge in [0.15, 0.2) is 0 Å². The van der Waals surface area contributed by atoms with Gasteiger partial charge in [-0.25, -0.2) is 0 Å². The summed E-state index contributed by atoms with van der Waals surface area (Å²) < 4.78 is 12.1. The molecule has 0 radical (unpaired) electrons. The third-order valence-corrected chi connectivity index (χ3v) is 10.4. The van der Waals surface area contributed by atoms with Crippen molar-refractivity contribution in [2.75, 3.05) is 19.8 Å². The minimum Gasteiger partial charge on any atom is -0.493 e. The van der Waals surface area contributed by atoms with Gasteiger partial charge in [0, 0.05) is 5.56 Å². The van der Waals surface area contributed by atoms with Crippen LogP contribution in [0.25, 0.3) is 6.08 Å². The number of benzene rings is 2. The molecule has 40 heavy (non-hydrogen) atoms. The van der Waals surface area contributed by atoms with Crippen molar-refractivity contribution in [3.8, 4) is 11.5 Å². The Kier molecular flexibility index (Phi) is 7.49. The van der Waals surface area contributed by atoms with E-state index >= 15 is 0 Å². The van der Waals surface area contributed by atoms with Crippen LogP contribution in [0.15, 0.2) is 41.3 Å². The van der Waals surface area contributed by atoms with Crippen LogP contribution in [-0.2, 0) is 10.2 Å². The number of rotatable bonds is 9. The molecular formula is C34H41NO4S. The normalized spacial score (nSPS) is 28.3. The summed E-state index contributed by atoms with van der Waals surface area (Å²) >= 11 is 1.01. The molecule has 2 aromatic carbocycles. The van der Waals surface area contributed by atoms with Crippen LogP contribution in [0, 0.1) is 24.7 Å². The Morgan fingerprint density at radius 3 is 2.33 bits per heavy atom. The molecule has 4 bridgehead atoms. The molecule has 4 aliphatic carbocycles. The first kappa shape index (κ1) is 27.4. The van der Waals surface area contributed by atoms with Crippen molar-refractivity contribution in [3.63, 3.8) is 0 Å². The monoisotopic (exact) mass is 559 g/mol. The zero-order chi connectivity index (χ0) is 28.0. The smallest absolute Gasteiger partial charge is 0.293 e. The maximum Gasteiger partial charge on any atom is 0.293 e. The lowest BCUT2D eigenvalue weighted by Gasteiger charge is -2.57. The Balaban J connectivity index is 1.21. The molecule has 5 nitrogen and oxygen atoms in total. The number of nitrogens with zero attached hydrogens (tertiary/aromatic N) is 1. The standard InChI is InChI=1S/C34H41NO4S/c1-5-38-29-9-7-27(34-18-23-13-24(19-34)15-25(14-23)20-34)16-26(29)17-31-32(36)35(33(37)40-31)10-11-39-30-12-22(4)6-8-28(30)21(2)3/h6-9,12,16-17,21,23-25H,5,10-11,13-15,18-20H2,1-4H3/b31-17-. The molecule has 7 rings (SSSR count). The van der Waals surface area contributed by atoms with E-state index in [0.29, 0.717) is 17.4 Å². The van der Waals surface area contributed by atoms with Gasteiger partial charge in [-0.2, -0.15) is 0 Å². The average molecular weight is 560 g/mol. The zero-order valence-electron chi connectivity index (χ0n) is 24.2. The summed E-state index contributed by atoms with van der Waals surface area (Å²) in [4.78, 5) is 28.1. The summed E-state index contributed by atoms with van der Waals surface area (Å²) in [5.74, 6) is 4.23. The van der Waals surface area contributed by atoms with E-state index in [4.69, 9.17) is 9.47 Å². The van der Waals surface area contributed by atoms with Crippen molar-refractivity contribution in [3.05, 3.63) is 63.6 Å². The highest BCUT2D eigenvalue weighted by atomic mass is 32.2. The number of amides is 2. The van der Waals surface area contributed by atoms with Gasteiger partial charge in [0.2, 0.25) is 0 Å². The molecule has 2 amide bonds. The van der Waals surface area contributed by atoms with Crippen LogP contribution < -0.4 is 9.47 Å². The number of imide groups is 1. The van der Waals surface area contributed by atoms with Gasteiger partial charge in [-0.3, -0.25) is 14.5 Å². The van der Waals surface area contributed by atoms with Gasteiger partial charge in [0.25, 0.3) is 11.1 Å². The van der Waals surface area contributed by atoms with Gasteiger partial charge >= 0.3 is 0 Å². The summed E-state index contributed by atoms with van der Waals surface area (Å²) in [7, 11) is 0. The van der Waals surface area contributed by atoms with Crippen molar-refractivity contribution < 1.29 is 19.1 Å². The topological polar surface area (TPSA) is 55.8 Å². The van der Waals surface area contributed by atoms with Gasteiger partial charge in [0.1, 0.15) is 18.1 Å². The highest BCUT2D eigenvalue weighted by Gasteiger charge is 2.51. The molecule has 6 heteroatoms. The fourth-order valence-electron chi connectivity index (χ4n) is 8.07. The SMILES string of the molecule is CCOc1ccc(C23CC4CC(CC(C4)C2)C3)cc1/C=C1\SC(=O)N(CCOc2cc(C)ccc2C(C)C)C1=O. The van der Waals surface area contributed by atoms with Crippen molar-refractivity contribution in [2.45, 2.75) is 77.6 Å². The Morgan fingerprint density at radius 1 is 0.975 bits per heavy atom. The molecule has 5 aliphatic rings. The van der Waals surface area contributed by atoms with E-state index in [-0.39, 0.29) is 29.7 Å².